The molecular formula is C21H41N5O5. The van der Waals surface area contributed by atoms with Crippen LogP contribution < -0.4 is 21.7 Å². The second kappa shape index (κ2) is 13.1. The Hall–Kier alpha value is -2.36. The number of rotatable bonds is 8. The summed E-state index contributed by atoms with van der Waals surface area (Å²) in [6, 6.07) is -0.513. The Morgan fingerprint density at radius 1 is 0.903 bits per heavy atom. The zero-order chi connectivity index (χ0) is 24.2. The lowest BCUT2D eigenvalue weighted by atomic mass is 10.0. The van der Waals surface area contributed by atoms with Gasteiger partial charge in [0.2, 0.25) is 11.9 Å². The van der Waals surface area contributed by atoms with Crippen molar-refractivity contribution in [2.75, 3.05) is 13.1 Å². The lowest BCUT2D eigenvalue weighted by Gasteiger charge is -2.22. The molecule has 31 heavy (non-hydrogen) atoms. The Morgan fingerprint density at radius 3 is 1.81 bits per heavy atom. The highest BCUT2D eigenvalue weighted by molar-refractivity contribution is 6.01. The molecule has 0 spiro atoms. The number of hydrogen-bond acceptors (Lipinski definition) is 7. The molecule has 10 heteroatoms. The molecule has 180 valence electrons. The van der Waals surface area contributed by atoms with E-state index in [1.807, 2.05) is 13.8 Å². The Bertz CT molecular complexity index is 589. The molecule has 0 saturated heterocycles. The van der Waals surface area contributed by atoms with Crippen LogP contribution in [-0.4, -0.2) is 54.4 Å². The van der Waals surface area contributed by atoms with Gasteiger partial charge in [0.05, 0.1) is 6.04 Å². The minimum absolute atomic E-state index is 0.0634. The summed E-state index contributed by atoms with van der Waals surface area (Å²) in [4.78, 5) is 40.2. The van der Waals surface area contributed by atoms with Crippen molar-refractivity contribution in [2.24, 2.45) is 16.6 Å². The first-order valence-corrected chi connectivity index (χ1v) is 10.7. The van der Waals surface area contributed by atoms with Crippen LogP contribution in [0.15, 0.2) is 4.99 Å². The minimum Gasteiger partial charge on any atom is -0.444 e. The molecule has 0 aliphatic rings. The van der Waals surface area contributed by atoms with Gasteiger partial charge in [-0.2, -0.15) is 0 Å². The lowest BCUT2D eigenvalue weighted by Crippen LogP contribution is -2.47. The van der Waals surface area contributed by atoms with E-state index in [1.165, 1.54) is 0 Å². The Morgan fingerprint density at radius 2 is 1.39 bits per heavy atom. The number of nitrogens with one attached hydrogen (secondary N) is 3. The van der Waals surface area contributed by atoms with Crippen LogP contribution >= 0.6 is 0 Å². The molecular weight excluding hydrogens is 402 g/mol. The average molecular weight is 444 g/mol. The Balaban J connectivity index is 4.66. The van der Waals surface area contributed by atoms with Gasteiger partial charge in [-0.25, -0.2) is 9.59 Å². The fourth-order valence-electron chi connectivity index (χ4n) is 2.30. The van der Waals surface area contributed by atoms with E-state index < -0.39 is 29.4 Å². The summed E-state index contributed by atoms with van der Waals surface area (Å²) in [7, 11) is 0. The van der Waals surface area contributed by atoms with E-state index in [4.69, 9.17) is 15.2 Å². The van der Waals surface area contributed by atoms with Gasteiger partial charge >= 0.3 is 12.2 Å². The van der Waals surface area contributed by atoms with Gasteiger partial charge < -0.3 is 20.5 Å². The molecule has 0 aromatic carbocycles. The van der Waals surface area contributed by atoms with E-state index in [2.05, 4.69) is 20.9 Å². The molecule has 0 fully saturated rings. The molecule has 0 aromatic heterocycles. The quantitative estimate of drug-likeness (QED) is 0.258. The summed E-state index contributed by atoms with van der Waals surface area (Å²) in [5, 5.41) is 7.65. The molecule has 0 aliphatic carbocycles. The predicted octanol–water partition coefficient (Wildman–Crippen LogP) is 2.66. The molecule has 0 rings (SSSR count). The second-order valence-corrected chi connectivity index (χ2v) is 9.72. The first-order valence-electron chi connectivity index (χ1n) is 10.7. The fourth-order valence-corrected chi connectivity index (χ4v) is 2.30. The molecule has 0 saturated carbocycles. The largest absolute Gasteiger partial charge is 0.444 e. The third-order valence-electron chi connectivity index (χ3n) is 3.45. The van der Waals surface area contributed by atoms with Gasteiger partial charge in [-0.1, -0.05) is 13.8 Å². The molecule has 1 atom stereocenters. The molecule has 3 amide bonds. The van der Waals surface area contributed by atoms with Gasteiger partial charge in [0.1, 0.15) is 11.2 Å². The third kappa shape index (κ3) is 17.1. The van der Waals surface area contributed by atoms with Gasteiger partial charge in [-0.15, -0.1) is 0 Å². The Kier molecular flexibility index (Phi) is 12.1. The van der Waals surface area contributed by atoms with Gasteiger partial charge in [-0.3, -0.25) is 20.4 Å². The number of ether oxygens (including phenoxy) is 2. The van der Waals surface area contributed by atoms with Gasteiger partial charge in [0.25, 0.3) is 0 Å². The van der Waals surface area contributed by atoms with E-state index in [9.17, 15) is 14.4 Å². The smallest absolute Gasteiger partial charge is 0.414 e. The van der Waals surface area contributed by atoms with Crippen molar-refractivity contribution in [3.05, 3.63) is 0 Å². The number of carbonyl (C=O) groups excluding carboxylic acids is 3. The van der Waals surface area contributed by atoms with Crippen LogP contribution in [0.2, 0.25) is 0 Å². The maximum absolute atomic E-state index is 12.0. The maximum atomic E-state index is 12.0. The molecule has 0 unspecified atom stereocenters. The second-order valence-electron chi connectivity index (χ2n) is 9.72. The topological polar surface area (TPSA) is 144 Å². The number of alkyl carbamates (subject to hydrolysis) is 2. The fraction of sp³-hybridized carbons (Fsp3) is 0.810. The predicted molar refractivity (Wildman–Crippen MR) is 121 cm³/mol. The zero-order valence-electron chi connectivity index (χ0n) is 20.3. The summed E-state index contributed by atoms with van der Waals surface area (Å²) in [6.07, 6.45) is 0.430. The van der Waals surface area contributed by atoms with Crippen molar-refractivity contribution in [3.8, 4) is 0 Å². The van der Waals surface area contributed by atoms with Crippen LogP contribution in [0, 0.1) is 5.92 Å². The van der Waals surface area contributed by atoms with Gasteiger partial charge in [-0.05, 0) is 66.7 Å². The summed E-state index contributed by atoms with van der Waals surface area (Å²) in [5.41, 5.74) is 4.44. The van der Waals surface area contributed by atoms with E-state index in [1.54, 1.807) is 41.5 Å². The zero-order valence-corrected chi connectivity index (χ0v) is 20.3. The number of carbonyl (C=O) groups is 3. The monoisotopic (exact) mass is 443 g/mol. The van der Waals surface area contributed by atoms with E-state index in [-0.39, 0.29) is 11.9 Å². The first kappa shape index (κ1) is 28.6. The molecule has 0 heterocycles. The highest BCUT2D eigenvalue weighted by atomic mass is 16.6. The van der Waals surface area contributed by atoms with Crippen molar-refractivity contribution in [1.29, 1.82) is 0 Å². The highest BCUT2D eigenvalue weighted by Crippen LogP contribution is 2.08. The Labute approximate surface area is 186 Å². The van der Waals surface area contributed by atoms with Crippen molar-refractivity contribution < 1.29 is 23.9 Å². The lowest BCUT2D eigenvalue weighted by molar-refractivity contribution is -0.122. The summed E-state index contributed by atoms with van der Waals surface area (Å²) in [6.45, 7) is 15.2. The van der Waals surface area contributed by atoms with Crippen molar-refractivity contribution in [2.45, 2.75) is 91.9 Å². The maximum Gasteiger partial charge on any atom is 0.414 e. The molecule has 5 N–H and O–H groups in total. The summed E-state index contributed by atoms with van der Waals surface area (Å²) >= 11 is 0. The first-order chi connectivity index (χ1) is 14.1. The van der Waals surface area contributed by atoms with Crippen LogP contribution in [0.1, 0.15) is 74.7 Å². The minimum atomic E-state index is -0.742. The number of nitrogens with two attached hydrogens (primary N) is 1. The number of guanidine groups is 1. The van der Waals surface area contributed by atoms with Crippen molar-refractivity contribution in [3.63, 3.8) is 0 Å². The molecule has 0 aromatic rings. The van der Waals surface area contributed by atoms with Crippen molar-refractivity contribution in [1.82, 2.24) is 16.0 Å². The number of aliphatic imine (C=N–C) groups is 1. The number of nitrogens with zero attached hydrogens (tertiary/aromatic N) is 1. The standard InChI is InChI=1S/C21H41N5O5/c1-14(2)13-15(22)16(27)23-11-9-10-12-24-17(25-18(28)30-20(3,4)5)26-19(29)31-21(6,7)8/h14-15H,9-13,22H2,1-8H3,(H,23,27)(H2,24,25,26,28,29)/t15-/m0/s1. The molecule has 0 bridgehead atoms. The number of amides is 3. The van der Waals surface area contributed by atoms with Crippen LogP contribution in [0.3, 0.4) is 0 Å². The van der Waals surface area contributed by atoms with Crippen molar-refractivity contribution >= 4 is 24.1 Å². The normalized spacial score (nSPS) is 12.6. The van der Waals surface area contributed by atoms with E-state index >= 15 is 0 Å². The van der Waals surface area contributed by atoms with E-state index in [0.29, 0.717) is 38.3 Å². The van der Waals surface area contributed by atoms with E-state index in [0.717, 1.165) is 0 Å². The molecule has 0 radical (unpaired) electrons. The van der Waals surface area contributed by atoms with Crippen LogP contribution in [0.4, 0.5) is 9.59 Å². The van der Waals surface area contributed by atoms with Gasteiger partial charge in [0.15, 0.2) is 0 Å². The van der Waals surface area contributed by atoms with Crippen LogP contribution in [-0.2, 0) is 14.3 Å². The third-order valence-corrected chi connectivity index (χ3v) is 3.45. The average Bonchev–Trinajstić information content (AvgIpc) is 2.53. The van der Waals surface area contributed by atoms with Crippen LogP contribution in [0.25, 0.3) is 0 Å². The number of hydrogen-bond donors (Lipinski definition) is 4. The highest BCUT2D eigenvalue weighted by Gasteiger charge is 2.21. The summed E-state index contributed by atoms with van der Waals surface area (Å²) in [5.74, 6) is 0.117. The SMILES string of the molecule is CC(C)C[C@H](N)C(=O)NCCCCN=C(NC(=O)OC(C)(C)C)NC(=O)OC(C)(C)C. The molecule has 10 nitrogen and oxygen atoms in total. The van der Waals surface area contributed by atoms with Gasteiger partial charge in [0, 0.05) is 13.1 Å². The summed E-state index contributed by atoms with van der Waals surface area (Å²) < 4.78 is 10.4. The van der Waals surface area contributed by atoms with Crippen LogP contribution in [0.5, 0.6) is 0 Å². The number of unbranched alkanes of at least 4 members (excludes halogenated alkanes) is 1. The molecule has 0 aliphatic heterocycles.